The summed E-state index contributed by atoms with van der Waals surface area (Å²) in [6.45, 7) is 0. The number of hydrogen-bond acceptors (Lipinski definition) is 6. The first-order valence-corrected chi connectivity index (χ1v) is 11.9. The van der Waals surface area contributed by atoms with Gasteiger partial charge in [-0.2, -0.15) is 0 Å². The van der Waals surface area contributed by atoms with E-state index >= 15 is 0 Å². The normalized spacial score (nSPS) is 14.9. The predicted octanol–water partition coefficient (Wildman–Crippen LogP) is 5.33. The van der Waals surface area contributed by atoms with E-state index in [-0.39, 0.29) is 5.56 Å². The van der Waals surface area contributed by atoms with E-state index in [0.717, 1.165) is 16.7 Å². The number of fused-ring (bicyclic) bond motifs is 2. The van der Waals surface area contributed by atoms with E-state index in [0.29, 0.717) is 33.3 Å². The van der Waals surface area contributed by atoms with E-state index in [9.17, 15) is 4.79 Å². The van der Waals surface area contributed by atoms with Crippen LogP contribution in [-0.4, -0.2) is 25.4 Å². The Balaban J connectivity index is 1.42. The molecule has 0 unspecified atom stereocenters. The Morgan fingerprint density at radius 2 is 1.90 bits per heavy atom. The summed E-state index contributed by atoms with van der Waals surface area (Å²) in [6, 6.07) is 13.6. The van der Waals surface area contributed by atoms with Gasteiger partial charge in [0.05, 0.1) is 16.2 Å². The first kappa shape index (κ1) is 20.3. The van der Waals surface area contributed by atoms with Crippen molar-refractivity contribution in [3.63, 3.8) is 0 Å². The molecule has 0 aliphatic heterocycles. The molecule has 1 aliphatic rings. The smallest absolute Gasteiger partial charge is 0.258 e. The molecule has 0 saturated heterocycles. The molecule has 31 heavy (non-hydrogen) atoms. The van der Waals surface area contributed by atoms with Gasteiger partial charge in [-0.15, -0.1) is 0 Å². The highest BCUT2D eigenvalue weighted by Crippen LogP contribution is 2.28. The van der Waals surface area contributed by atoms with Crippen LogP contribution in [0.2, 0.25) is 5.02 Å². The lowest BCUT2D eigenvalue weighted by Crippen LogP contribution is -2.23. The van der Waals surface area contributed by atoms with E-state index in [1.165, 1.54) is 48.3 Å². The molecule has 0 bridgehead atoms. The van der Waals surface area contributed by atoms with Gasteiger partial charge in [-0.05, 0) is 37.1 Å². The maximum Gasteiger partial charge on any atom is 0.258 e. The summed E-state index contributed by atoms with van der Waals surface area (Å²) >= 11 is 7.48. The van der Waals surface area contributed by atoms with Gasteiger partial charge in [0, 0.05) is 29.4 Å². The minimum atomic E-state index is -0.151. The molecule has 5 rings (SSSR count). The second-order valence-corrected chi connectivity index (χ2v) is 9.18. The molecule has 1 aliphatic carbocycles. The molecule has 3 aromatic heterocycles. The molecule has 0 atom stereocenters. The van der Waals surface area contributed by atoms with E-state index in [2.05, 4.69) is 16.4 Å². The Morgan fingerprint density at radius 3 is 2.77 bits per heavy atom. The van der Waals surface area contributed by atoms with Gasteiger partial charge in [0.2, 0.25) is 0 Å². The monoisotopic (exact) mass is 451 g/mol. The van der Waals surface area contributed by atoms with Gasteiger partial charge in [-0.3, -0.25) is 9.20 Å². The third kappa shape index (κ3) is 4.52. The van der Waals surface area contributed by atoms with Crippen LogP contribution < -0.4 is 10.9 Å². The molecule has 6 nitrogen and oxygen atoms in total. The topological polar surface area (TPSA) is 72.2 Å². The van der Waals surface area contributed by atoms with Crippen LogP contribution in [0.15, 0.2) is 58.6 Å². The van der Waals surface area contributed by atoms with Crippen LogP contribution in [0.1, 0.15) is 37.8 Å². The lowest BCUT2D eigenvalue weighted by molar-refractivity contribution is 0.462. The van der Waals surface area contributed by atoms with Gasteiger partial charge in [-0.25, -0.2) is 15.0 Å². The standard InChI is InChI=1S/C23H22ClN5OS/c24-15-10-11-20-25-17(12-21(30)29(20)13-15)14-31-23-27-19-9-5-4-8-18(19)22(28-23)26-16-6-2-1-3-7-16/h4-5,8-13,16H,1-3,6-7,14H2,(H,26,27,28). The first-order chi connectivity index (χ1) is 15.2. The molecule has 1 N–H and O–H groups in total. The summed E-state index contributed by atoms with van der Waals surface area (Å²) in [5.74, 6) is 1.40. The van der Waals surface area contributed by atoms with E-state index < -0.39 is 0 Å². The number of nitrogens with zero attached hydrogens (tertiary/aromatic N) is 4. The highest BCUT2D eigenvalue weighted by molar-refractivity contribution is 7.98. The molecule has 4 aromatic rings. The van der Waals surface area contributed by atoms with Crippen molar-refractivity contribution in [3.05, 3.63) is 69.7 Å². The molecule has 0 radical (unpaired) electrons. The van der Waals surface area contributed by atoms with Crippen molar-refractivity contribution in [2.75, 3.05) is 5.32 Å². The number of aromatic nitrogens is 4. The third-order valence-corrected chi connectivity index (χ3v) is 6.66. The van der Waals surface area contributed by atoms with Gasteiger partial charge in [0.1, 0.15) is 11.5 Å². The fourth-order valence-electron chi connectivity index (χ4n) is 4.01. The maximum absolute atomic E-state index is 12.4. The zero-order valence-corrected chi connectivity index (χ0v) is 18.5. The average Bonchev–Trinajstić information content (AvgIpc) is 2.79. The minimum absolute atomic E-state index is 0.151. The number of hydrogen-bond donors (Lipinski definition) is 1. The van der Waals surface area contributed by atoms with Gasteiger partial charge in [-0.1, -0.05) is 54.8 Å². The Kier molecular flexibility index (Phi) is 5.78. The van der Waals surface area contributed by atoms with Crippen LogP contribution >= 0.6 is 23.4 Å². The summed E-state index contributed by atoms with van der Waals surface area (Å²) in [5, 5.41) is 5.87. The summed E-state index contributed by atoms with van der Waals surface area (Å²) in [6.07, 6.45) is 7.77. The van der Waals surface area contributed by atoms with Crippen molar-refractivity contribution in [1.29, 1.82) is 0 Å². The first-order valence-electron chi connectivity index (χ1n) is 10.5. The minimum Gasteiger partial charge on any atom is -0.367 e. The van der Waals surface area contributed by atoms with Crippen molar-refractivity contribution < 1.29 is 0 Å². The van der Waals surface area contributed by atoms with E-state index in [1.54, 1.807) is 24.4 Å². The van der Waals surface area contributed by atoms with Gasteiger partial charge in [0.25, 0.3) is 5.56 Å². The maximum atomic E-state index is 12.4. The van der Waals surface area contributed by atoms with Crippen LogP contribution in [0.3, 0.4) is 0 Å². The van der Waals surface area contributed by atoms with Crippen molar-refractivity contribution in [2.45, 2.75) is 49.1 Å². The van der Waals surface area contributed by atoms with Gasteiger partial charge in [0.15, 0.2) is 5.16 Å². The Labute approximate surface area is 189 Å². The SMILES string of the molecule is O=c1cc(CSc2nc(NC3CCCCC3)c3ccccc3n2)nc2ccc(Cl)cn12. The van der Waals surface area contributed by atoms with Crippen LogP contribution in [0.5, 0.6) is 0 Å². The fraction of sp³-hybridized carbons (Fsp3) is 0.304. The Morgan fingerprint density at radius 1 is 1.06 bits per heavy atom. The van der Waals surface area contributed by atoms with Crippen molar-refractivity contribution >= 4 is 45.7 Å². The highest BCUT2D eigenvalue weighted by Gasteiger charge is 2.16. The Bertz CT molecular complexity index is 1300. The van der Waals surface area contributed by atoms with E-state index in [1.807, 2.05) is 18.2 Å². The lowest BCUT2D eigenvalue weighted by Gasteiger charge is -2.24. The lowest BCUT2D eigenvalue weighted by atomic mass is 9.95. The summed E-state index contributed by atoms with van der Waals surface area (Å²) in [5.41, 5.74) is 2.03. The molecule has 158 valence electrons. The molecular weight excluding hydrogens is 430 g/mol. The summed E-state index contributed by atoms with van der Waals surface area (Å²) in [4.78, 5) is 26.6. The van der Waals surface area contributed by atoms with Gasteiger partial charge >= 0.3 is 0 Å². The number of benzene rings is 1. The van der Waals surface area contributed by atoms with Crippen molar-refractivity contribution in [1.82, 2.24) is 19.4 Å². The number of anilines is 1. The fourth-order valence-corrected chi connectivity index (χ4v) is 4.91. The highest BCUT2D eigenvalue weighted by atomic mass is 35.5. The number of rotatable bonds is 5. The molecule has 1 saturated carbocycles. The molecule has 0 amide bonds. The van der Waals surface area contributed by atoms with Crippen LogP contribution in [0, 0.1) is 0 Å². The molecule has 0 spiro atoms. The number of thioether (sulfide) groups is 1. The van der Waals surface area contributed by atoms with Crippen LogP contribution in [-0.2, 0) is 5.75 Å². The largest absolute Gasteiger partial charge is 0.367 e. The number of pyridine rings is 1. The van der Waals surface area contributed by atoms with Crippen LogP contribution in [0.25, 0.3) is 16.6 Å². The predicted molar refractivity (Wildman–Crippen MR) is 126 cm³/mol. The second kappa shape index (κ2) is 8.85. The zero-order valence-electron chi connectivity index (χ0n) is 16.9. The van der Waals surface area contributed by atoms with Crippen molar-refractivity contribution in [2.24, 2.45) is 0 Å². The molecular formula is C23H22ClN5OS. The molecule has 1 aromatic carbocycles. The molecule has 1 fully saturated rings. The third-order valence-electron chi connectivity index (χ3n) is 5.55. The summed E-state index contributed by atoms with van der Waals surface area (Å²) in [7, 11) is 0. The quantitative estimate of drug-likeness (QED) is 0.326. The number of para-hydroxylation sites is 1. The molecule has 8 heteroatoms. The number of nitrogens with one attached hydrogen (secondary N) is 1. The number of halogens is 1. The summed E-state index contributed by atoms with van der Waals surface area (Å²) < 4.78 is 1.45. The van der Waals surface area contributed by atoms with E-state index in [4.69, 9.17) is 21.6 Å². The van der Waals surface area contributed by atoms with Gasteiger partial charge < -0.3 is 5.32 Å². The van der Waals surface area contributed by atoms with Crippen LogP contribution in [0.4, 0.5) is 5.82 Å². The zero-order chi connectivity index (χ0) is 21.2. The average molecular weight is 452 g/mol. The second-order valence-electron chi connectivity index (χ2n) is 7.80. The van der Waals surface area contributed by atoms with Crippen molar-refractivity contribution in [3.8, 4) is 0 Å². The molecule has 3 heterocycles. The Hall–Kier alpha value is -2.64.